The molecule has 0 spiro atoms. The van der Waals surface area contributed by atoms with Gasteiger partial charge in [-0.25, -0.2) is 0 Å². The Labute approximate surface area is 119 Å². The average Bonchev–Trinajstić information content (AvgIpc) is 2.35. The molecule has 0 aromatic carbocycles. The number of hydrogen-bond acceptors (Lipinski definition) is 3. The van der Waals surface area contributed by atoms with Gasteiger partial charge in [-0.1, -0.05) is 0 Å². The zero-order valence-corrected chi connectivity index (χ0v) is 12.1. The summed E-state index contributed by atoms with van der Waals surface area (Å²) in [4.78, 5) is 25.4. The molecule has 4 aliphatic carbocycles. The highest BCUT2D eigenvalue weighted by molar-refractivity contribution is 6.35. The van der Waals surface area contributed by atoms with Crippen LogP contribution in [0.15, 0.2) is 0 Å². The fourth-order valence-corrected chi connectivity index (χ4v) is 4.98. The lowest BCUT2D eigenvalue weighted by molar-refractivity contribution is -0.148. The summed E-state index contributed by atoms with van der Waals surface area (Å²) in [6.07, 6.45) is 7.07. The molecule has 0 radical (unpaired) electrons. The van der Waals surface area contributed by atoms with E-state index in [0.717, 1.165) is 37.0 Å². The first-order valence-electron chi connectivity index (χ1n) is 7.70. The van der Waals surface area contributed by atoms with E-state index in [1.807, 2.05) is 0 Å². The maximum absolute atomic E-state index is 12.2. The molecule has 112 valence electrons. The number of carbonyl (C=O) groups is 2. The molecule has 0 saturated heterocycles. The topological polar surface area (TPSA) is 69.6 Å². The van der Waals surface area contributed by atoms with E-state index in [2.05, 4.69) is 5.32 Å². The second-order valence-electron chi connectivity index (χ2n) is 7.10. The maximum Gasteiger partial charge on any atom is 0.311 e. The first kappa shape index (κ1) is 13.9. The number of nitrogens with zero attached hydrogens (tertiary/aromatic N) is 1. The Balaban J connectivity index is 1.65. The van der Waals surface area contributed by atoms with E-state index < -0.39 is 11.8 Å². The Kier molecular flexibility index (Phi) is 3.48. The van der Waals surface area contributed by atoms with Crippen molar-refractivity contribution < 1.29 is 14.7 Å². The average molecular weight is 280 g/mol. The van der Waals surface area contributed by atoms with E-state index >= 15 is 0 Å². The van der Waals surface area contributed by atoms with E-state index in [9.17, 15) is 9.59 Å². The molecular weight excluding hydrogens is 256 g/mol. The van der Waals surface area contributed by atoms with Crippen molar-refractivity contribution in [2.45, 2.75) is 44.1 Å². The summed E-state index contributed by atoms with van der Waals surface area (Å²) < 4.78 is 0. The predicted molar refractivity (Wildman–Crippen MR) is 73.8 cm³/mol. The van der Waals surface area contributed by atoms with E-state index in [1.54, 1.807) is 7.05 Å². The SMILES string of the molecule is CN(CCO)C(=O)C(=O)NC12CC3CC(CC(C3)C1)C2. The van der Waals surface area contributed by atoms with E-state index in [0.29, 0.717) is 0 Å². The van der Waals surface area contributed by atoms with Crippen LogP contribution in [0.5, 0.6) is 0 Å². The minimum Gasteiger partial charge on any atom is -0.395 e. The molecule has 4 aliphatic rings. The Morgan fingerprint density at radius 2 is 1.65 bits per heavy atom. The fraction of sp³-hybridized carbons (Fsp3) is 0.867. The van der Waals surface area contributed by atoms with Crippen LogP contribution in [0, 0.1) is 17.8 Å². The van der Waals surface area contributed by atoms with Gasteiger partial charge in [0.2, 0.25) is 0 Å². The third kappa shape index (κ3) is 2.43. The van der Waals surface area contributed by atoms with Gasteiger partial charge in [-0.2, -0.15) is 0 Å². The molecule has 5 nitrogen and oxygen atoms in total. The van der Waals surface area contributed by atoms with Crippen LogP contribution in [0.4, 0.5) is 0 Å². The minimum atomic E-state index is -0.533. The maximum atomic E-state index is 12.2. The lowest BCUT2D eigenvalue weighted by Gasteiger charge is -2.56. The second-order valence-corrected chi connectivity index (χ2v) is 7.10. The van der Waals surface area contributed by atoms with Gasteiger partial charge in [-0.05, 0) is 56.3 Å². The number of nitrogens with one attached hydrogen (secondary N) is 1. The van der Waals surface area contributed by atoms with Crippen LogP contribution in [-0.2, 0) is 9.59 Å². The standard InChI is InChI=1S/C15H24N2O3/c1-17(2-3-18)14(20)13(19)16-15-7-10-4-11(8-15)6-12(5-10)9-15/h10-12,18H,2-9H2,1H3,(H,16,19). The van der Waals surface area contributed by atoms with Crippen molar-refractivity contribution in [2.75, 3.05) is 20.2 Å². The van der Waals surface area contributed by atoms with Crippen molar-refractivity contribution in [1.82, 2.24) is 10.2 Å². The van der Waals surface area contributed by atoms with Crippen molar-refractivity contribution in [2.24, 2.45) is 17.8 Å². The molecule has 20 heavy (non-hydrogen) atoms. The van der Waals surface area contributed by atoms with Crippen molar-refractivity contribution >= 4 is 11.8 Å². The lowest BCUT2D eigenvalue weighted by Crippen LogP contribution is -2.61. The van der Waals surface area contributed by atoms with Gasteiger partial charge in [0.05, 0.1) is 6.61 Å². The van der Waals surface area contributed by atoms with Gasteiger partial charge in [0, 0.05) is 19.1 Å². The predicted octanol–water partition coefficient (Wildman–Crippen LogP) is 0.522. The molecule has 4 saturated carbocycles. The molecule has 0 unspecified atom stereocenters. The molecule has 2 N–H and O–H groups in total. The second kappa shape index (κ2) is 5.02. The number of aliphatic hydroxyl groups is 1. The highest BCUT2D eigenvalue weighted by Crippen LogP contribution is 2.55. The zero-order valence-electron chi connectivity index (χ0n) is 12.1. The smallest absolute Gasteiger partial charge is 0.311 e. The number of amides is 2. The monoisotopic (exact) mass is 280 g/mol. The highest BCUT2D eigenvalue weighted by Gasteiger charge is 2.51. The van der Waals surface area contributed by atoms with Gasteiger partial charge in [0.15, 0.2) is 0 Å². The molecule has 4 bridgehead atoms. The Bertz CT molecular complexity index is 386. The normalized spacial score (nSPS) is 37.8. The fourth-order valence-electron chi connectivity index (χ4n) is 4.98. The number of hydrogen-bond donors (Lipinski definition) is 2. The summed E-state index contributed by atoms with van der Waals surface area (Å²) in [5.74, 6) is 1.20. The van der Waals surface area contributed by atoms with Crippen LogP contribution in [0.25, 0.3) is 0 Å². The van der Waals surface area contributed by atoms with Crippen LogP contribution in [0.1, 0.15) is 38.5 Å². The van der Waals surface area contributed by atoms with Crippen molar-refractivity contribution in [1.29, 1.82) is 0 Å². The van der Waals surface area contributed by atoms with E-state index in [4.69, 9.17) is 5.11 Å². The highest BCUT2D eigenvalue weighted by atomic mass is 16.3. The quantitative estimate of drug-likeness (QED) is 0.741. The molecule has 4 fully saturated rings. The molecule has 0 aromatic heterocycles. The van der Waals surface area contributed by atoms with Gasteiger partial charge in [0.25, 0.3) is 0 Å². The first-order valence-corrected chi connectivity index (χ1v) is 7.70. The number of carbonyl (C=O) groups excluding carboxylic acids is 2. The molecule has 4 rings (SSSR count). The third-order valence-electron chi connectivity index (χ3n) is 5.39. The first-order chi connectivity index (χ1) is 9.51. The minimum absolute atomic E-state index is 0.118. The van der Waals surface area contributed by atoms with Gasteiger partial charge in [-0.15, -0.1) is 0 Å². The molecule has 0 atom stereocenters. The van der Waals surface area contributed by atoms with Gasteiger partial charge in [-0.3, -0.25) is 9.59 Å². The summed E-state index contributed by atoms with van der Waals surface area (Å²) in [6, 6.07) is 0. The molecule has 0 aliphatic heterocycles. The van der Waals surface area contributed by atoms with E-state index in [-0.39, 0.29) is 18.7 Å². The molecular formula is C15H24N2O3. The Morgan fingerprint density at radius 1 is 1.15 bits per heavy atom. The van der Waals surface area contributed by atoms with Crippen LogP contribution < -0.4 is 5.32 Å². The van der Waals surface area contributed by atoms with E-state index in [1.165, 1.54) is 24.2 Å². The van der Waals surface area contributed by atoms with Gasteiger partial charge >= 0.3 is 11.8 Å². The lowest BCUT2D eigenvalue weighted by atomic mass is 9.53. The Hall–Kier alpha value is -1.10. The van der Waals surface area contributed by atoms with Crippen LogP contribution in [0.2, 0.25) is 0 Å². The van der Waals surface area contributed by atoms with Gasteiger partial charge < -0.3 is 15.3 Å². The molecule has 2 amide bonds. The molecule has 0 aromatic rings. The number of likely N-dealkylation sites (N-methyl/N-ethyl adjacent to an activating group) is 1. The molecule has 0 heterocycles. The van der Waals surface area contributed by atoms with Crippen molar-refractivity contribution in [3.05, 3.63) is 0 Å². The largest absolute Gasteiger partial charge is 0.395 e. The summed E-state index contributed by atoms with van der Waals surface area (Å²) in [6.45, 7) is 0.0833. The summed E-state index contributed by atoms with van der Waals surface area (Å²) in [7, 11) is 1.55. The van der Waals surface area contributed by atoms with Crippen molar-refractivity contribution in [3.8, 4) is 0 Å². The number of rotatable bonds is 3. The summed E-state index contributed by atoms with van der Waals surface area (Å²) in [5.41, 5.74) is -0.123. The van der Waals surface area contributed by atoms with Gasteiger partial charge in [0.1, 0.15) is 0 Å². The molecule has 5 heteroatoms. The Morgan fingerprint density at radius 3 is 2.10 bits per heavy atom. The third-order valence-corrected chi connectivity index (χ3v) is 5.39. The summed E-state index contributed by atoms with van der Waals surface area (Å²) >= 11 is 0. The number of aliphatic hydroxyl groups excluding tert-OH is 1. The van der Waals surface area contributed by atoms with Crippen LogP contribution in [0.3, 0.4) is 0 Å². The summed E-state index contributed by atoms with van der Waals surface area (Å²) in [5, 5.41) is 11.9. The zero-order chi connectivity index (χ0) is 14.3. The van der Waals surface area contributed by atoms with Crippen LogP contribution >= 0.6 is 0 Å². The van der Waals surface area contributed by atoms with Crippen LogP contribution in [-0.4, -0.2) is 47.6 Å². The van der Waals surface area contributed by atoms with Crippen molar-refractivity contribution in [3.63, 3.8) is 0 Å².